The molecule has 17 heavy (non-hydrogen) atoms. The number of benzene rings is 1. The number of nitrogens with zero attached hydrogens (tertiary/aromatic N) is 2. The maximum absolute atomic E-state index is 5.76. The van der Waals surface area contributed by atoms with E-state index in [1.165, 1.54) is 17.1 Å². The van der Waals surface area contributed by atoms with Gasteiger partial charge in [0.2, 0.25) is 0 Å². The Hall–Kier alpha value is -1.07. The van der Waals surface area contributed by atoms with Crippen LogP contribution in [-0.4, -0.2) is 11.4 Å². The fraction of sp³-hybridized carbons (Fsp3) is 0.250. The molecule has 0 atom stereocenters. The zero-order chi connectivity index (χ0) is 12.4. The van der Waals surface area contributed by atoms with Crippen molar-refractivity contribution in [3.05, 3.63) is 39.9 Å². The first-order valence-electron chi connectivity index (χ1n) is 5.25. The van der Waals surface area contributed by atoms with Gasteiger partial charge in [0.1, 0.15) is 10.8 Å². The van der Waals surface area contributed by atoms with Crippen molar-refractivity contribution in [1.82, 2.24) is 4.37 Å². The van der Waals surface area contributed by atoms with E-state index in [0.717, 1.165) is 21.6 Å². The average molecular weight is 312 g/mol. The van der Waals surface area contributed by atoms with Gasteiger partial charge in [0, 0.05) is 23.6 Å². The summed E-state index contributed by atoms with van der Waals surface area (Å²) in [6.45, 7) is 2.86. The molecule has 1 aromatic carbocycles. The molecule has 0 spiro atoms. The summed E-state index contributed by atoms with van der Waals surface area (Å²) in [4.78, 5) is 2.17. The second kappa shape index (κ2) is 5.06. The Kier molecular flexibility index (Phi) is 3.69. The van der Waals surface area contributed by atoms with Crippen molar-refractivity contribution in [2.45, 2.75) is 13.5 Å². The van der Waals surface area contributed by atoms with Crippen LogP contribution < -0.4 is 10.6 Å². The lowest BCUT2D eigenvalue weighted by atomic mass is 10.2. The van der Waals surface area contributed by atoms with E-state index in [4.69, 9.17) is 5.73 Å². The van der Waals surface area contributed by atoms with Crippen LogP contribution in [0.25, 0.3) is 0 Å². The molecule has 0 bridgehead atoms. The lowest BCUT2D eigenvalue weighted by molar-refractivity contribution is 0.930. The molecule has 2 rings (SSSR count). The highest BCUT2D eigenvalue weighted by molar-refractivity contribution is 9.10. The lowest BCUT2D eigenvalue weighted by Gasteiger charge is -2.17. The van der Waals surface area contributed by atoms with Crippen molar-refractivity contribution in [3.8, 4) is 0 Å². The highest BCUT2D eigenvalue weighted by atomic mass is 79.9. The van der Waals surface area contributed by atoms with E-state index in [-0.39, 0.29) is 0 Å². The van der Waals surface area contributed by atoms with Crippen LogP contribution in [0.15, 0.2) is 28.7 Å². The molecule has 3 nitrogen and oxygen atoms in total. The van der Waals surface area contributed by atoms with Crippen molar-refractivity contribution >= 4 is 38.3 Å². The predicted octanol–water partition coefficient (Wildman–Crippen LogP) is 3.43. The molecule has 0 aliphatic rings. The first-order valence-corrected chi connectivity index (χ1v) is 6.82. The molecule has 90 valence electrons. The molecular formula is C12H14BrN3S. The number of rotatable bonds is 3. The molecule has 0 saturated heterocycles. The van der Waals surface area contributed by atoms with Crippen molar-refractivity contribution in [1.29, 1.82) is 0 Å². The molecule has 5 heteroatoms. The second-order valence-corrected chi connectivity index (χ2v) is 5.65. The first kappa shape index (κ1) is 12.4. The van der Waals surface area contributed by atoms with Crippen LogP contribution in [0.3, 0.4) is 0 Å². The summed E-state index contributed by atoms with van der Waals surface area (Å²) in [7, 11) is 2.06. The quantitative estimate of drug-likeness (QED) is 0.944. The Bertz CT molecular complexity index is 507. The summed E-state index contributed by atoms with van der Waals surface area (Å²) in [5.41, 5.74) is 8.09. The van der Waals surface area contributed by atoms with Crippen LogP contribution >= 0.6 is 27.5 Å². The Balaban J connectivity index is 2.14. The average Bonchev–Trinajstić information content (AvgIpc) is 2.63. The number of hydrogen-bond donors (Lipinski definition) is 1. The van der Waals surface area contributed by atoms with Crippen molar-refractivity contribution in [2.24, 2.45) is 0 Å². The molecule has 0 aliphatic carbocycles. The number of aromatic nitrogens is 1. The summed E-state index contributed by atoms with van der Waals surface area (Å²) in [6.07, 6.45) is 0. The van der Waals surface area contributed by atoms with Gasteiger partial charge in [-0.1, -0.05) is 28.1 Å². The van der Waals surface area contributed by atoms with Crippen molar-refractivity contribution in [2.75, 3.05) is 17.7 Å². The van der Waals surface area contributed by atoms with Gasteiger partial charge in [-0.2, -0.15) is 4.37 Å². The maximum Gasteiger partial charge on any atom is 0.142 e. The van der Waals surface area contributed by atoms with Gasteiger partial charge >= 0.3 is 0 Å². The normalized spacial score (nSPS) is 10.5. The Morgan fingerprint density at radius 1 is 1.35 bits per heavy atom. The van der Waals surface area contributed by atoms with Crippen LogP contribution in [-0.2, 0) is 6.54 Å². The molecule has 0 radical (unpaired) electrons. The molecule has 1 aromatic heterocycles. The van der Waals surface area contributed by atoms with E-state index < -0.39 is 0 Å². The molecule has 0 unspecified atom stereocenters. The van der Waals surface area contributed by atoms with E-state index in [2.05, 4.69) is 56.5 Å². The zero-order valence-corrected chi connectivity index (χ0v) is 12.2. The minimum absolute atomic E-state index is 0.632. The number of anilines is 2. The van der Waals surface area contributed by atoms with Crippen molar-refractivity contribution in [3.63, 3.8) is 0 Å². The summed E-state index contributed by atoms with van der Waals surface area (Å²) in [5.74, 6) is 0.632. The molecule has 0 amide bonds. The van der Waals surface area contributed by atoms with E-state index in [0.29, 0.717) is 5.82 Å². The summed E-state index contributed by atoms with van der Waals surface area (Å²) in [6, 6.07) is 8.33. The van der Waals surface area contributed by atoms with Gasteiger partial charge in [0.15, 0.2) is 0 Å². The molecule has 0 fully saturated rings. The molecule has 2 N–H and O–H groups in total. The topological polar surface area (TPSA) is 42.1 Å². The second-order valence-electron chi connectivity index (χ2n) is 3.98. The molecule has 1 heterocycles. The smallest absolute Gasteiger partial charge is 0.142 e. The third-order valence-electron chi connectivity index (χ3n) is 2.62. The number of nitrogen functional groups attached to an aromatic ring is 1. The van der Waals surface area contributed by atoms with Gasteiger partial charge in [-0.15, -0.1) is 0 Å². The van der Waals surface area contributed by atoms with E-state index in [1.807, 2.05) is 6.92 Å². The Morgan fingerprint density at radius 3 is 2.53 bits per heavy atom. The van der Waals surface area contributed by atoms with Crippen LogP contribution in [0.2, 0.25) is 0 Å². The van der Waals surface area contributed by atoms with Gasteiger partial charge in [0.25, 0.3) is 0 Å². The Morgan fingerprint density at radius 2 is 2.00 bits per heavy atom. The third kappa shape index (κ3) is 2.79. The molecule has 0 aliphatic heterocycles. The molecular weight excluding hydrogens is 298 g/mol. The monoisotopic (exact) mass is 311 g/mol. The standard InChI is InChI=1S/C12H14BrN3S/c1-8-11(14)15-17-12(8)16(2)7-9-3-5-10(13)6-4-9/h3-6H,7H2,1-2H3,(H2,14,15). The third-order valence-corrected chi connectivity index (χ3v) is 4.22. The van der Waals surface area contributed by atoms with E-state index in [1.54, 1.807) is 0 Å². The van der Waals surface area contributed by atoms with Crippen LogP contribution in [0, 0.1) is 6.92 Å². The summed E-state index contributed by atoms with van der Waals surface area (Å²) in [5, 5.41) is 1.13. The van der Waals surface area contributed by atoms with Gasteiger partial charge in [0.05, 0.1) is 0 Å². The van der Waals surface area contributed by atoms with Crippen LogP contribution in [0.5, 0.6) is 0 Å². The van der Waals surface area contributed by atoms with Gasteiger partial charge < -0.3 is 10.6 Å². The van der Waals surface area contributed by atoms with Crippen LogP contribution in [0.4, 0.5) is 10.8 Å². The summed E-state index contributed by atoms with van der Waals surface area (Å²) < 4.78 is 5.26. The first-order chi connectivity index (χ1) is 8.08. The fourth-order valence-electron chi connectivity index (χ4n) is 1.63. The minimum atomic E-state index is 0.632. The zero-order valence-electron chi connectivity index (χ0n) is 9.77. The number of halogens is 1. The minimum Gasteiger partial charge on any atom is -0.383 e. The highest BCUT2D eigenvalue weighted by Crippen LogP contribution is 2.29. The maximum atomic E-state index is 5.76. The molecule has 2 aromatic rings. The predicted molar refractivity (Wildman–Crippen MR) is 77.5 cm³/mol. The van der Waals surface area contributed by atoms with E-state index >= 15 is 0 Å². The number of hydrogen-bond acceptors (Lipinski definition) is 4. The molecule has 0 saturated carbocycles. The van der Waals surface area contributed by atoms with Gasteiger partial charge in [-0.3, -0.25) is 0 Å². The van der Waals surface area contributed by atoms with Gasteiger partial charge in [-0.25, -0.2) is 0 Å². The Labute approximate surface area is 114 Å². The SMILES string of the molecule is Cc1c(N)nsc1N(C)Cc1ccc(Br)cc1. The number of nitrogens with two attached hydrogens (primary N) is 1. The van der Waals surface area contributed by atoms with E-state index in [9.17, 15) is 0 Å². The summed E-state index contributed by atoms with van der Waals surface area (Å²) >= 11 is 4.88. The van der Waals surface area contributed by atoms with Crippen molar-refractivity contribution < 1.29 is 0 Å². The fourth-order valence-corrected chi connectivity index (χ4v) is 2.66. The van der Waals surface area contributed by atoms with Gasteiger partial charge in [-0.05, 0) is 36.2 Å². The van der Waals surface area contributed by atoms with Crippen LogP contribution in [0.1, 0.15) is 11.1 Å². The highest BCUT2D eigenvalue weighted by Gasteiger charge is 2.11. The lowest BCUT2D eigenvalue weighted by Crippen LogP contribution is -2.15. The largest absolute Gasteiger partial charge is 0.383 e.